The first-order valence-electron chi connectivity index (χ1n) is 4.82. The quantitative estimate of drug-likeness (QED) is 0.618. The van der Waals surface area contributed by atoms with E-state index in [4.69, 9.17) is 11.6 Å². The molecule has 0 N–H and O–H groups in total. The molecular weight excluding hydrogens is 194 g/mol. The fraction of sp³-hybridized carbons (Fsp3) is 0.417. The minimum absolute atomic E-state index is 0.175. The number of benzene rings is 1. The van der Waals surface area contributed by atoms with Crippen LogP contribution in [0.3, 0.4) is 0 Å². The van der Waals surface area contributed by atoms with E-state index in [1.54, 1.807) is 0 Å². The van der Waals surface area contributed by atoms with Gasteiger partial charge in [-0.25, -0.2) is 0 Å². The first-order chi connectivity index (χ1) is 6.48. The van der Waals surface area contributed by atoms with Gasteiger partial charge in [0.2, 0.25) is 0 Å². The van der Waals surface area contributed by atoms with E-state index in [2.05, 4.69) is 44.0 Å². The molecule has 0 aromatic heterocycles. The van der Waals surface area contributed by atoms with E-state index in [1.807, 2.05) is 0 Å². The molecule has 0 bridgehead atoms. The van der Waals surface area contributed by atoms with Crippen LogP contribution >= 0.6 is 11.6 Å². The molecular formula is C12H14ClN. The average Bonchev–Trinajstić information content (AvgIpc) is 2.46. The Bertz CT molecular complexity index is 399. The molecule has 0 amide bonds. The van der Waals surface area contributed by atoms with Crippen LogP contribution in [0.25, 0.3) is 0 Å². The Labute approximate surface area is 89.8 Å². The third kappa shape index (κ3) is 1.57. The number of halogens is 1. The molecule has 1 aromatic rings. The molecule has 74 valence electrons. The fourth-order valence-electron chi connectivity index (χ4n) is 1.61. The number of rotatable bonds is 0. The normalized spacial score (nSPS) is 15.3. The van der Waals surface area contributed by atoms with E-state index in [-0.39, 0.29) is 5.41 Å². The highest BCUT2D eigenvalue weighted by molar-refractivity contribution is 6.70. The van der Waals surface area contributed by atoms with Gasteiger partial charge in [-0.05, 0) is 22.6 Å². The van der Waals surface area contributed by atoms with Gasteiger partial charge < -0.3 is 0 Å². The summed E-state index contributed by atoms with van der Waals surface area (Å²) in [6.07, 6.45) is 0. The van der Waals surface area contributed by atoms with Crippen molar-refractivity contribution >= 4 is 16.8 Å². The second-order valence-electron chi connectivity index (χ2n) is 4.73. The van der Waals surface area contributed by atoms with Crippen LogP contribution in [-0.4, -0.2) is 5.17 Å². The molecule has 1 heterocycles. The monoisotopic (exact) mass is 207 g/mol. The van der Waals surface area contributed by atoms with Crippen LogP contribution in [0, 0.1) is 0 Å². The van der Waals surface area contributed by atoms with Gasteiger partial charge >= 0.3 is 0 Å². The zero-order valence-electron chi connectivity index (χ0n) is 8.76. The van der Waals surface area contributed by atoms with Crippen molar-refractivity contribution in [3.63, 3.8) is 0 Å². The fourth-order valence-corrected chi connectivity index (χ4v) is 1.85. The molecule has 1 aliphatic heterocycles. The standard InChI is InChI=1S/C12H14ClN/c1-12(2,3)9-5-4-8-7-14-11(13)10(8)6-9/h4-6H,7H2,1-3H3. The van der Waals surface area contributed by atoms with Crippen LogP contribution in [0.4, 0.5) is 0 Å². The molecule has 0 spiro atoms. The Balaban J connectivity index is 2.50. The van der Waals surface area contributed by atoms with Crippen LogP contribution < -0.4 is 0 Å². The van der Waals surface area contributed by atoms with Crippen LogP contribution in [0.5, 0.6) is 0 Å². The number of hydrogen-bond acceptors (Lipinski definition) is 1. The first-order valence-corrected chi connectivity index (χ1v) is 5.20. The summed E-state index contributed by atoms with van der Waals surface area (Å²) in [5, 5.41) is 0.658. The maximum Gasteiger partial charge on any atom is 0.131 e. The highest BCUT2D eigenvalue weighted by atomic mass is 35.5. The van der Waals surface area contributed by atoms with Crippen LogP contribution in [0.1, 0.15) is 37.5 Å². The molecule has 0 saturated carbocycles. The maximum atomic E-state index is 6.01. The van der Waals surface area contributed by atoms with Crippen molar-refractivity contribution < 1.29 is 0 Å². The number of aliphatic imine (C=N–C) groups is 1. The smallest absolute Gasteiger partial charge is 0.131 e. The third-order valence-corrected chi connectivity index (χ3v) is 2.91. The molecule has 14 heavy (non-hydrogen) atoms. The molecule has 0 radical (unpaired) electrons. The van der Waals surface area contributed by atoms with Crippen molar-refractivity contribution in [2.24, 2.45) is 4.99 Å². The van der Waals surface area contributed by atoms with Crippen LogP contribution in [0.15, 0.2) is 23.2 Å². The van der Waals surface area contributed by atoms with E-state index < -0.39 is 0 Å². The molecule has 0 unspecified atom stereocenters. The van der Waals surface area contributed by atoms with Gasteiger partial charge in [0.1, 0.15) is 5.17 Å². The van der Waals surface area contributed by atoms with Gasteiger partial charge in [0.25, 0.3) is 0 Å². The summed E-state index contributed by atoms with van der Waals surface area (Å²) in [6.45, 7) is 7.34. The lowest BCUT2D eigenvalue weighted by atomic mass is 9.85. The largest absolute Gasteiger partial charge is 0.268 e. The molecule has 1 aromatic carbocycles. The average molecular weight is 208 g/mol. The zero-order chi connectivity index (χ0) is 10.3. The Morgan fingerprint density at radius 2 is 2.00 bits per heavy atom. The lowest BCUT2D eigenvalue weighted by Crippen LogP contribution is -2.11. The summed E-state index contributed by atoms with van der Waals surface area (Å²) in [5.41, 5.74) is 3.84. The lowest BCUT2D eigenvalue weighted by molar-refractivity contribution is 0.590. The predicted molar refractivity (Wildman–Crippen MR) is 61.2 cm³/mol. The number of hydrogen-bond donors (Lipinski definition) is 0. The molecule has 2 rings (SSSR count). The van der Waals surface area contributed by atoms with Gasteiger partial charge in [-0.3, -0.25) is 4.99 Å². The molecule has 0 fully saturated rings. The number of fused-ring (bicyclic) bond motifs is 1. The van der Waals surface area contributed by atoms with Crippen molar-refractivity contribution in [2.75, 3.05) is 0 Å². The van der Waals surface area contributed by atoms with Crippen LogP contribution in [-0.2, 0) is 12.0 Å². The van der Waals surface area contributed by atoms with E-state index in [1.165, 1.54) is 11.1 Å². The lowest BCUT2D eigenvalue weighted by Gasteiger charge is -2.19. The summed E-state index contributed by atoms with van der Waals surface area (Å²) >= 11 is 6.01. The van der Waals surface area contributed by atoms with E-state index >= 15 is 0 Å². The van der Waals surface area contributed by atoms with Crippen molar-refractivity contribution in [1.29, 1.82) is 0 Å². The molecule has 2 heteroatoms. The van der Waals surface area contributed by atoms with Crippen LogP contribution in [0.2, 0.25) is 0 Å². The summed E-state index contributed by atoms with van der Waals surface area (Å²) in [5.74, 6) is 0. The summed E-state index contributed by atoms with van der Waals surface area (Å²) in [4.78, 5) is 4.21. The van der Waals surface area contributed by atoms with Crippen molar-refractivity contribution in [1.82, 2.24) is 0 Å². The molecule has 0 atom stereocenters. The Hall–Kier alpha value is -0.820. The maximum absolute atomic E-state index is 6.01. The van der Waals surface area contributed by atoms with Crippen molar-refractivity contribution in [2.45, 2.75) is 32.7 Å². The van der Waals surface area contributed by atoms with E-state index in [0.29, 0.717) is 5.17 Å². The predicted octanol–water partition coefficient (Wildman–Crippen LogP) is 3.48. The van der Waals surface area contributed by atoms with Gasteiger partial charge in [-0.2, -0.15) is 0 Å². The second-order valence-corrected chi connectivity index (χ2v) is 5.09. The van der Waals surface area contributed by atoms with Gasteiger partial charge in [-0.1, -0.05) is 44.5 Å². The van der Waals surface area contributed by atoms with Gasteiger partial charge in [0, 0.05) is 5.56 Å². The highest BCUT2D eigenvalue weighted by Crippen LogP contribution is 2.28. The molecule has 1 aliphatic rings. The number of nitrogens with zero attached hydrogens (tertiary/aromatic N) is 1. The molecule has 0 saturated heterocycles. The topological polar surface area (TPSA) is 12.4 Å². The Kier molecular flexibility index (Phi) is 2.15. The van der Waals surface area contributed by atoms with Crippen molar-refractivity contribution in [3.8, 4) is 0 Å². The van der Waals surface area contributed by atoms with Crippen molar-refractivity contribution in [3.05, 3.63) is 34.9 Å². The highest BCUT2D eigenvalue weighted by Gasteiger charge is 2.19. The Morgan fingerprint density at radius 3 is 2.64 bits per heavy atom. The van der Waals surface area contributed by atoms with Gasteiger partial charge in [0.15, 0.2) is 0 Å². The van der Waals surface area contributed by atoms with Gasteiger partial charge in [-0.15, -0.1) is 0 Å². The summed E-state index contributed by atoms with van der Waals surface area (Å²) in [7, 11) is 0. The minimum atomic E-state index is 0.175. The first kappa shape index (κ1) is 9.72. The molecule has 0 aliphatic carbocycles. The van der Waals surface area contributed by atoms with Gasteiger partial charge in [0.05, 0.1) is 6.54 Å². The summed E-state index contributed by atoms with van der Waals surface area (Å²) < 4.78 is 0. The van der Waals surface area contributed by atoms with E-state index in [9.17, 15) is 0 Å². The molecule has 1 nitrogen and oxygen atoms in total. The second kappa shape index (κ2) is 3.09. The third-order valence-electron chi connectivity index (χ3n) is 2.59. The SMILES string of the molecule is CC(C)(C)c1ccc2c(c1)C(Cl)=NC2. The summed E-state index contributed by atoms with van der Waals surface area (Å²) in [6, 6.07) is 6.47. The zero-order valence-corrected chi connectivity index (χ0v) is 9.52. The minimum Gasteiger partial charge on any atom is -0.268 e. The Morgan fingerprint density at radius 1 is 1.29 bits per heavy atom. The van der Waals surface area contributed by atoms with E-state index in [0.717, 1.165) is 12.1 Å².